The zero-order chi connectivity index (χ0) is 13.7. The zero-order valence-corrected chi connectivity index (χ0v) is 10.6. The van der Waals surface area contributed by atoms with Crippen LogP contribution in [-0.2, 0) is 0 Å². The van der Waals surface area contributed by atoms with E-state index in [9.17, 15) is 8.78 Å². The molecule has 2 rings (SSSR count). The lowest BCUT2D eigenvalue weighted by molar-refractivity contribution is 0.332. The molecule has 0 fully saturated rings. The van der Waals surface area contributed by atoms with E-state index >= 15 is 0 Å². The van der Waals surface area contributed by atoms with Gasteiger partial charge in [0, 0.05) is 12.2 Å². The molecule has 0 aliphatic heterocycles. The number of aryl methyl sites for hydroxylation is 1. The van der Waals surface area contributed by atoms with Gasteiger partial charge in [-0.3, -0.25) is 0 Å². The lowest BCUT2D eigenvalue weighted by Gasteiger charge is -2.09. The predicted molar refractivity (Wildman–Crippen MR) is 71.5 cm³/mol. The van der Waals surface area contributed by atoms with Crippen molar-refractivity contribution in [2.45, 2.75) is 6.92 Å². The first-order valence-electron chi connectivity index (χ1n) is 6.03. The first-order chi connectivity index (χ1) is 9.15. The minimum Gasteiger partial charge on any atom is -0.492 e. The number of rotatable bonds is 5. The van der Waals surface area contributed by atoms with E-state index in [2.05, 4.69) is 5.32 Å². The molecule has 2 nitrogen and oxygen atoms in total. The Kier molecular flexibility index (Phi) is 4.34. The molecule has 0 aliphatic carbocycles. The van der Waals surface area contributed by atoms with E-state index in [-0.39, 0.29) is 11.6 Å². The van der Waals surface area contributed by atoms with Crippen LogP contribution in [0.1, 0.15) is 5.56 Å². The van der Waals surface area contributed by atoms with E-state index < -0.39 is 0 Å². The molecule has 0 unspecified atom stereocenters. The van der Waals surface area contributed by atoms with Gasteiger partial charge in [-0.1, -0.05) is 6.07 Å². The number of halogens is 2. The molecular formula is C15H15F2NO. The van der Waals surface area contributed by atoms with E-state index in [1.807, 2.05) is 6.07 Å². The molecule has 0 heterocycles. The van der Waals surface area contributed by atoms with Gasteiger partial charge in [0.15, 0.2) is 0 Å². The third-order valence-electron chi connectivity index (χ3n) is 2.69. The smallest absolute Gasteiger partial charge is 0.128 e. The summed E-state index contributed by atoms with van der Waals surface area (Å²) in [5.74, 6) is 0.0864. The monoisotopic (exact) mass is 263 g/mol. The fourth-order valence-corrected chi connectivity index (χ4v) is 1.60. The van der Waals surface area contributed by atoms with Crippen LogP contribution < -0.4 is 10.1 Å². The highest BCUT2D eigenvalue weighted by molar-refractivity contribution is 5.45. The topological polar surface area (TPSA) is 21.3 Å². The standard InChI is InChI=1S/C15H15F2NO/c1-11-2-5-13(10-15(11)17)18-8-9-19-14-6-3-12(16)4-7-14/h2-7,10,18H,8-9H2,1H3. The van der Waals surface area contributed by atoms with E-state index in [4.69, 9.17) is 4.74 Å². The molecule has 0 saturated carbocycles. The van der Waals surface area contributed by atoms with Crippen molar-refractivity contribution < 1.29 is 13.5 Å². The predicted octanol–water partition coefficient (Wildman–Crippen LogP) is 3.76. The molecule has 0 radical (unpaired) electrons. The highest BCUT2D eigenvalue weighted by Crippen LogP contribution is 2.14. The van der Waals surface area contributed by atoms with Gasteiger partial charge in [-0.2, -0.15) is 0 Å². The van der Waals surface area contributed by atoms with E-state index in [0.717, 1.165) is 0 Å². The summed E-state index contributed by atoms with van der Waals surface area (Å²) in [6.45, 7) is 2.68. The maximum Gasteiger partial charge on any atom is 0.128 e. The van der Waals surface area contributed by atoms with Crippen LogP contribution in [0.15, 0.2) is 42.5 Å². The van der Waals surface area contributed by atoms with Gasteiger partial charge < -0.3 is 10.1 Å². The maximum atomic E-state index is 13.3. The second kappa shape index (κ2) is 6.18. The first kappa shape index (κ1) is 13.3. The summed E-state index contributed by atoms with van der Waals surface area (Å²) >= 11 is 0. The Morgan fingerprint density at radius 3 is 2.47 bits per heavy atom. The summed E-state index contributed by atoms with van der Waals surface area (Å²) in [5, 5.41) is 3.06. The minimum absolute atomic E-state index is 0.232. The summed E-state index contributed by atoms with van der Waals surface area (Å²) in [4.78, 5) is 0. The van der Waals surface area contributed by atoms with Crippen LogP contribution in [0, 0.1) is 18.6 Å². The average Bonchev–Trinajstić information content (AvgIpc) is 2.41. The fourth-order valence-electron chi connectivity index (χ4n) is 1.60. The Morgan fingerprint density at radius 2 is 1.79 bits per heavy atom. The van der Waals surface area contributed by atoms with Crippen molar-refractivity contribution in [3.05, 3.63) is 59.7 Å². The molecule has 2 aromatic carbocycles. The number of anilines is 1. The van der Waals surface area contributed by atoms with Gasteiger partial charge in [-0.15, -0.1) is 0 Å². The van der Waals surface area contributed by atoms with Crippen LogP contribution in [0.4, 0.5) is 14.5 Å². The fraction of sp³-hybridized carbons (Fsp3) is 0.200. The second-order valence-corrected chi connectivity index (χ2v) is 4.19. The van der Waals surface area contributed by atoms with Crippen molar-refractivity contribution in [2.75, 3.05) is 18.5 Å². The first-order valence-corrected chi connectivity index (χ1v) is 6.03. The lowest BCUT2D eigenvalue weighted by atomic mass is 10.2. The number of nitrogens with one attached hydrogen (secondary N) is 1. The van der Waals surface area contributed by atoms with Crippen molar-refractivity contribution in [3.8, 4) is 5.75 Å². The third-order valence-corrected chi connectivity index (χ3v) is 2.69. The van der Waals surface area contributed by atoms with Gasteiger partial charge in [0.1, 0.15) is 24.0 Å². The summed E-state index contributed by atoms with van der Waals surface area (Å²) < 4.78 is 31.4. The summed E-state index contributed by atoms with van der Waals surface area (Å²) in [6, 6.07) is 10.8. The Bertz CT molecular complexity index is 540. The Hall–Kier alpha value is -2.10. The van der Waals surface area contributed by atoms with Crippen LogP contribution in [-0.4, -0.2) is 13.2 Å². The van der Waals surface area contributed by atoms with Crippen molar-refractivity contribution in [1.29, 1.82) is 0 Å². The normalized spacial score (nSPS) is 10.3. The van der Waals surface area contributed by atoms with Crippen LogP contribution in [0.5, 0.6) is 5.75 Å². The van der Waals surface area contributed by atoms with Crippen molar-refractivity contribution in [1.82, 2.24) is 0 Å². The lowest BCUT2D eigenvalue weighted by Crippen LogP contribution is -2.11. The SMILES string of the molecule is Cc1ccc(NCCOc2ccc(F)cc2)cc1F. The molecule has 2 aromatic rings. The molecule has 0 aliphatic rings. The molecule has 0 spiro atoms. The number of benzene rings is 2. The third kappa shape index (κ3) is 3.95. The maximum absolute atomic E-state index is 13.3. The molecule has 0 atom stereocenters. The molecule has 0 saturated heterocycles. The van der Waals surface area contributed by atoms with Gasteiger partial charge in [0.05, 0.1) is 0 Å². The van der Waals surface area contributed by atoms with Gasteiger partial charge in [-0.05, 0) is 48.9 Å². The number of hydrogen-bond donors (Lipinski definition) is 1. The second-order valence-electron chi connectivity index (χ2n) is 4.19. The van der Waals surface area contributed by atoms with E-state index in [0.29, 0.717) is 30.2 Å². The molecular weight excluding hydrogens is 248 g/mol. The largest absolute Gasteiger partial charge is 0.492 e. The molecule has 1 N–H and O–H groups in total. The molecule has 19 heavy (non-hydrogen) atoms. The van der Waals surface area contributed by atoms with E-state index in [1.165, 1.54) is 18.2 Å². The zero-order valence-electron chi connectivity index (χ0n) is 10.6. The van der Waals surface area contributed by atoms with Gasteiger partial charge in [0.2, 0.25) is 0 Å². The molecule has 0 bridgehead atoms. The Labute approximate surface area is 111 Å². The van der Waals surface area contributed by atoms with Crippen LogP contribution in [0.2, 0.25) is 0 Å². The van der Waals surface area contributed by atoms with Gasteiger partial charge in [-0.25, -0.2) is 8.78 Å². The van der Waals surface area contributed by atoms with Crippen LogP contribution in [0.3, 0.4) is 0 Å². The minimum atomic E-state index is -0.291. The van der Waals surface area contributed by atoms with Gasteiger partial charge >= 0.3 is 0 Å². The van der Waals surface area contributed by atoms with Gasteiger partial charge in [0.25, 0.3) is 0 Å². The molecule has 0 aromatic heterocycles. The molecule has 100 valence electrons. The van der Waals surface area contributed by atoms with Crippen LogP contribution >= 0.6 is 0 Å². The molecule has 0 amide bonds. The number of ether oxygens (including phenoxy) is 1. The van der Waals surface area contributed by atoms with E-state index in [1.54, 1.807) is 25.1 Å². The number of hydrogen-bond acceptors (Lipinski definition) is 2. The summed E-state index contributed by atoms with van der Waals surface area (Å²) in [6.07, 6.45) is 0. The highest BCUT2D eigenvalue weighted by atomic mass is 19.1. The summed E-state index contributed by atoms with van der Waals surface area (Å²) in [5.41, 5.74) is 1.33. The Morgan fingerprint density at radius 1 is 1.05 bits per heavy atom. The van der Waals surface area contributed by atoms with Crippen molar-refractivity contribution in [2.24, 2.45) is 0 Å². The quantitative estimate of drug-likeness (QED) is 0.829. The molecule has 4 heteroatoms. The van der Waals surface area contributed by atoms with Crippen molar-refractivity contribution >= 4 is 5.69 Å². The summed E-state index contributed by atoms with van der Waals surface area (Å²) in [7, 11) is 0. The van der Waals surface area contributed by atoms with Crippen molar-refractivity contribution in [3.63, 3.8) is 0 Å². The highest BCUT2D eigenvalue weighted by Gasteiger charge is 1.99. The Balaban J connectivity index is 1.77. The average molecular weight is 263 g/mol. The van der Waals surface area contributed by atoms with Crippen LogP contribution in [0.25, 0.3) is 0 Å².